The SMILES string of the molecule is N#Cc1cc(F)cc(CNCCO)c1. The second-order valence-corrected chi connectivity index (χ2v) is 2.86. The number of rotatable bonds is 4. The lowest BCUT2D eigenvalue weighted by Gasteiger charge is -2.03. The Labute approximate surface area is 81.8 Å². The number of halogens is 1. The van der Waals surface area contributed by atoms with Crippen molar-refractivity contribution in [3.63, 3.8) is 0 Å². The number of nitriles is 1. The van der Waals surface area contributed by atoms with Crippen LogP contribution in [0.5, 0.6) is 0 Å². The molecular weight excluding hydrogens is 183 g/mol. The summed E-state index contributed by atoms with van der Waals surface area (Å²) in [4.78, 5) is 0. The molecular formula is C10H11FN2O. The first kappa shape index (κ1) is 10.6. The molecule has 0 unspecified atom stereocenters. The summed E-state index contributed by atoms with van der Waals surface area (Å²) < 4.78 is 12.9. The standard InChI is InChI=1S/C10H11FN2O/c11-10-4-8(6-12)3-9(5-10)7-13-1-2-14/h3-5,13-14H,1-2,7H2. The molecule has 1 aromatic carbocycles. The van der Waals surface area contributed by atoms with E-state index in [1.54, 1.807) is 6.07 Å². The first-order valence-electron chi connectivity index (χ1n) is 4.27. The third kappa shape index (κ3) is 3.13. The largest absolute Gasteiger partial charge is 0.395 e. The first-order valence-corrected chi connectivity index (χ1v) is 4.27. The lowest BCUT2D eigenvalue weighted by Crippen LogP contribution is -2.17. The highest BCUT2D eigenvalue weighted by atomic mass is 19.1. The molecule has 0 spiro atoms. The van der Waals surface area contributed by atoms with Crippen molar-refractivity contribution in [1.29, 1.82) is 5.26 Å². The first-order chi connectivity index (χ1) is 6.76. The highest BCUT2D eigenvalue weighted by Gasteiger charge is 1.99. The van der Waals surface area contributed by atoms with Crippen molar-refractivity contribution < 1.29 is 9.50 Å². The van der Waals surface area contributed by atoms with Gasteiger partial charge in [0.05, 0.1) is 18.2 Å². The smallest absolute Gasteiger partial charge is 0.124 e. The highest BCUT2D eigenvalue weighted by molar-refractivity contribution is 5.33. The van der Waals surface area contributed by atoms with Gasteiger partial charge >= 0.3 is 0 Å². The minimum absolute atomic E-state index is 0.0421. The average molecular weight is 194 g/mol. The monoisotopic (exact) mass is 194 g/mol. The Balaban J connectivity index is 2.68. The molecule has 2 N–H and O–H groups in total. The molecule has 74 valence electrons. The van der Waals surface area contributed by atoms with Crippen LogP contribution in [0.15, 0.2) is 18.2 Å². The second-order valence-electron chi connectivity index (χ2n) is 2.86. The normalized spacial score (nSPS) is 9.79. The van der Waals surface area contributed by atoms with Gasteiger partial charge in [-0.2, -0.15) is 5.26 Å². The Hall–Kier alpha value is -1.44. The molecule has 0 aliphatic carbocycles. The molecule has 3 nitrogen and oxygen atoms in total. The Morgan fingerprint density at radius 1 is 1.43 bits per heavy atom. The maximum Gasteiger partial charge on any atom is 0.124 e. The average Bonchev–Trinajstić information content (AvgIpc) is 2.17. The van der Waals surface area contributed by atoms with Crippen LogP contribution >= 0.6 is 0 Å². The molecule has 0 aliphatic heterocycles. The zero-order valence-electron chi connectivity index (χ0n) is 7.63. The van der Waals surface area contributed by atoms with Crippen molar-refractivity contribution in [3.8, 4) is 6.07 Å². The van der Waals surface area contributed by atoms with E-state index in [1.807, 2.05) is 6.07 Å². The summed E-state index contributed by atoms with van der Waals surface area (Å²) in [5.41, 5.74) is 1.01. The van der Waals surface area contributed by atoms with Crippen LogP contribution in [-0.2, 0) is 6.54 Å². The van der Waals surface area contributed by atoms with Gasteiger partial charge in [0.15, 0.2) is 0 Å². The van der Waals surface area contributed by atoms with Gasteiger partial charge in [0, 0.05) is 13.1 Å². The Bertz CT molecular complexity index is 346. The quantitative estimate of drug-likeness (QED) is 0.696. The van der Waals surface area contributed by atoms with Gasteiger partial charge in [0.1, 0.15) is 5.82 Å². The van der Waals surface area contributed by atoms with Crippen molar-refractivity contribution >= 4 is 0 Å². The van der Waals surface area contributed by atoms with Gasteiger partial charge in [-0.25, -0.2) is 4.39 Å². The van der Waals surface area contributed by atoms with Crippen molar-refractivity contribution in [3.05, 3.63) is 35.1 Å². The number of nitrogens with one attached hydrogen (secondary N) is 1. The maximum atomic E-state index is 12.9. The number of hydrogen-bond donors (Lipinski definition) is 2. The lowest BCUT2D eigenvalue weighted by atomic mass is 10.1. The van der Waals surface area contributed by atoms with E-state index in [0.29, 0.717) is 24.2 Å². The van der Waals surface area contributed by atoms with Gasteiger partial charge in [0.25, 0.3) is 0 Å². The van der Waals surface area contributed by atoms with Crippen LogP contribution < -0.4 is 5.32 Å². The summed E-state index contributed by atoms with van der Waals surface area (Å²) in [6.07, 6.45) is 0. The van der Waals surface area contributed by atoms with Crippen LogP contribution in [0.25, 0.3) is 0 Å². The van der Waals surface area contributed by atoms with Gasteiger partial charge in [-0.1, -0.05) is 0 Å². The second kappa shape index (κ2) is 5.32. The molecule has 0 bridgehead atoms. The summed E-state index contributed by atoms with van der Waals surface area (Å²) in [5, 5.41) is 20.0. The van der Waals surface area contributed by atoms with E-state index in [4.69, 9.17) is 10.4 Å². The minimum atomic E-state index is -0.412. The molecule has 0 atom stereocenters. The summed E-state index contributed by atoms with van der Waals surface area (Å²) >= 11 is 0. The van der Waals surface area contributed by atoms with Crippen LogP contribution in [0.2, 0.25) is 0 Å². The third-order valence-electron chi connectivity index (χ3n) is 1.70. The third-order valence-corrected chi connectivity index (χ3v) is 1.70. The van der Waals surface area contributed by atoms with Gasteiger partial charge < -0.3 is 10.4 Å². The van der Waals surface area contributed by atoms with E-state index in [-0.39, 0.29) is 6.61 Å². The van der Waals surface area contributed by atoms with Crippen LogP contribution in [0.3, 0.4) is 0 Å². The number of aliphatic hydroxyl groups is 1. The predicted molar refractivity (Wildman–Crippen MR) is 49.9 cm³/mol. The van der Waals surface area contributed by atoms with Crippen LogP contribution in [-0.4, -0.2) is 18.3 Å². The molecule has 0 radical (unpaired) electrons. The summed E-state index contributed by atoms with van der Waals surface area (Å²) in [6.45, 7) is 0.950. The van der Waals surface area contributed by atoms with Crippen LogP contribution in [0, 0.1) is 17.1 Å². The molecule has 0 saturated heterocycles. The predicted octanol–water partition coefficient (Wildman–Crippen LogP) is 0.779. The highest BCUT2D eigenvalue weighted by Crippen LogP contribution is 2.07. The van der Waals surface area contributed by atoms with E-state index in [2.05, 4.69) is 5.32 Å². The zero-order valence-corrected chi connectivity index (χ0v) is 7.63. The van der Waals surface area contributed by atoms with Crippen molar-refractivity contribution in [1.82, 2.24) is 5.32 Å². The molecule has 4 heteroatoms. The summed E-state index contributed by atoms with van der Waals surface area (Å²) in [5.74, 6) is -0.412. The van der Waals surface area contributed by atoms with Gasteiger partial charge in [-0.3, -0.25) is 0 Å². The molecule has 0 amide bonds. The van der Waals surface area contributed by atoms with E-state index < -0.39 is 5.82 Å². The number of hydrogen-bond acceptors (Lipinski definition) is 3. The molecule has 0 saturated carbocycles. The zero-order chi connectivity index (χ0) is 10.4. The van der Waals surface area contributed by atoms with E-state index >= 15 is 0 Å². The topological polar surface area (TPSA) is 56.0 Å². The van der Waals surface area contributed by atoms with Crippen molar-refractivity contribution in [2.24, 2.45) is 0 Å². The molecule has 0 aliphatic rings. The fourth-order valence-corrected chi connectivity index (χ4v) is 1.13. The number of nitrogens with zero attached hydrogens (tertiary/aromatic N) is 1. The molecule has 0 aromatic heterocycles. The molecule has 0 fully saturated rings. The molecule has 1 aromatic rings. The van der Waals surface area contributed by atoms with Gasteiger partial charge in [0.2, 0.25) is 0 Å². The van der Waals surface area contributed by atoms with Crippen LogP contribution in [0.4, 0.5) is 4.39 Å². The Morgan fingerprint density at radius 2 is 2.21 bits per heavy atom. The number of benzene rings is 1. The van der Waals surface area contributed by atoms with Gasteiger partial charge in [-0.05, 0) is 23.8 Å². The maximum absolute atomic E-state index is 12.9. The minimum Gasteiger partial charge on any atom is -0.395 e. The fraction of sp³-hybridized carbons (Fsp3) is 0.300. The van der Waals surface area contributed by atoms with Crippen molar-refractivity contribution in [2.45, 2.75) is 6.54 Å². The molecule has 14 heavy (non-hydrogen) atoms. The molecule has 1 rings (SSSR count). The lowest BCUT2D eigenvalue weighted by molar-refractivity contribution is 0.292. The Morgan fingerprint density at radius 3 is 2.86 bits per heavy atom. The summed E-state index contributed by atoms with van der Waals surface area (Å²) in [7, 11) is 0. The van der Waals surface area contributed by atoms with Crippen molar-refractivity contribution in [2.75, 3.05) is 13.2 Å². The van der Waals surface area contributed by atoms with Gasteiger partial charge in [-0.15, -0.1) is 0 Å². The van der Waals surface area contributed by atoms with E-state index in [9.17, 15) is 4.39 Å². The molecule has 0 heterocycles. The van der Waals surface area contributed by atoms with Crippen LogP contribution in [0.1, 0.15) is 11.1 Å². The number of aliphatic hydroxyl groups excluding tert-OH is 1. The Kier molecular flexibility index (Phi) is 4.05. The van der Waals surface area contributed by atoms with E-state index in [0.717, 1.165) is 0 Å². The summed E-state index contributed by atoms with van der Waals surface area (Å²) in [6, 6.07) is 6.06. The van der Waals surface area contributed by atoms with E-state index in [1.165, 1.54) is 12.1 Å². The fourth-order valence-electron chi connectivity index (χ4n) is 1.13.